The van der Waals surface area contributed by atoms with Crippen LogP contribution < -0.4 is 0 Å². The molecule has 0 aliphatic rings. The molecule has 3 heteroatoms. The zero-order valence-corrected chi connectivity index (χ0v) is 10.2. The van der Waals surface area contributed by atoms with E-state index in [9.17, 15) is 0 Å². The molecule has 100 valence electrons. The molecule has 2 aromatic heterocycles. The number of nitrogens with zero attached hydrogens (tertiary/aromatic N) is 3. The van der Waals surface area contributed by atoms with E-state index in [2.05, 4.69) is 21.0 Å². The van der Waals surface area contributed by atoms with Gasteiger partial charge >= 0.3 is 0 Å². The van der Waals surface area contributed by atoms with Crippen molar-refractivity contribution in [3.05, 3.63) is 53.4 Å². The Morgan fingerprint density at radius 2 is 1.06 bits per heavy atom. The van der Waals surface area contributed by atoms with Gasteiger partial charge in [0.2, 0.25) is 0 Å². The maximum Gasteiger partial charge on any atom is 0.0555 e. The summed E-state index contributed by atoms with van der Waals surface area (Å²) in [6.45, 7) is 7.87. The zero-order chi connectivity index (χ0) is 12.0. The summed E-state index contributed by atoms with van der Waals surface area (Å²) in [6.07, 6.45) is 5.39. The van der Waals surface area contributed by atoms with E-state index in [-0.39, 0.29) is 14.9 Å². The molecule has 0 amide bonds. The van der Waals surface area contributed by atoms with Gasteiger partial charge in [0.25, 0.3) is 0 Å². The fraction of sp³-hybridized carbons (Fsp3) is 0.400. The van der Waals surface area contributed by atoms with Crippen molar-refractivity contribution < 1.29 is 0 Å². The number of aromatic nitrogens is 3. The second-order valence-electron chi connectivity index (χ2n) is 3.78. The van der Waals surface area contributed by atoms with Crippen LogP contribution >= 0.6 is 0 Å². The molecular formula is C15H25N3. The molecule has 2 heterocycles. The van der Waals surface area contributed by atoms with Gasteiger partial charge in [-0.15, -0.1) is 0 Å². The highest BCUT2D eigenvalue weighted by Gasteiger charge is 1.82. The molecule has 0 saturated carbocycles. The van der Waals surface area contributed by atoms with Crippen LogP contribution in [-0.2, 0) is 0 Å². The van der Waals surface area contributed by atoms with Gasteiger partial charge in [-0.3, -0.25) is 15.0 Å². The highest BCUT2D eigenvalue weighted by Crippen LogP contribution is 1.94. The van der Waals surface area contributed by atoms with Crippen LogP contribution in [0.5, 0.6) is 0 Å². The van der Waals surface area contributed by atoms with Crippen molar-refractivity contribution in [3.63, 3.8) is 0 Å². The number of hydrogen-bond acceptors (Lipinski definition) is 3. The van der Waals surface area contributed by atoms with Crippen molar-refractivity contribution in [2.45, 2.75) is 42.5 Å². The molecule has 0 N–H and O–H groups in total. The van der Waals surface area contributed by atoms with E-state index in [4.69, 9.17) is 0 Å². The lowest BCUT2D eigenvalue weighted by Gasteiger charge is -1.89. The first-order valence-electron chi connectivity index (χ1n) is 5.22. The van der Waals surface area contributed by atoms with Crippen LogP contribution in [0, 0.1) is 27.7 Å². The fourth-order valence-electron chi connectivity index (χ4n) is 0.999. The van der Waals surface area contributed by atoms with Crippen LogP contribution in [0.3, 0.4) is 0 Å². The number of pyridine rings is 1. The molecule has 3 nitrogen and oxygen atoms in total. The molecule has 0 aromatic carbocycles. The minimum absolute atomic E-state index is 0. The van der Waals surface area contributed by atoms with E-state index in [0.717, 1.165) is 17.1 Å². The first-order valence-corrected chi connectivity index (χ1v) is 5.22. The predicted molar refractivity (Wildman–Crippen MR) is 78.7 cm³/mol. The van der Waals surface area contributed by atoms with Crippen molar-refractivity contribution in [3.8, 4) is 0 Å². The molecule has 18 heavy (non-hydrogen) atoms. The minimum atomic E-state index is 0. The van der Waals surface area contributed by atoms with Gasteiger partial charge in [0, 0.05) is 24.3 Å². The first kappa shape index (κ1) is 18.6. The van der Waals surface area contributed by atoms with E-state index in [1.807, 2.05) is 40.0 Å². The molecule has 2 rings (SSSR count). The van der Waals surface area contributed by atoms with Crippen LogP contribution in [0.1, 0.15) is 37.5 Å². The molecular weight excluding hydrogens is 222 g/mol. The highest BCUT2D eigenvalue weighted by molar-refractivity contribution is 5.10. The third-order valence-corrected chi connectivity index (χ3v) is 1.97. The molecule has 2 aromatic rings. The van der Waals surface area contributed by atoms with E-state index < -0.39 is 0 Å². The molecule has 0 fully saturated rings. The zero-order valence-electron chi connectivity index (χ0n) is 10.2. The topological polar surface area (TPSA) is 38.7 Å². The maximum atomic E-state index is 4.08. The van der Waals surface area contributed by atoms with E-state index in [0.29, 0.717) is 0 Å². The summed E-state index contributed by atoms with van der Waals surface area (Å²) < 4.78 is 0. The van der Waals surface area contributed by atoms with Crippen LogP contribution in [0.15, 0.2) is 30.7 Å². The second kappa shape index (κ2) is 9.28. The molecule has 0 radical (unpaired) electrons. The van der Waals surface area contributed by atoms with E-state index in [1.54, 1.807) is 12.4 Å². The third-order valence-electron chi connectivity index (χ3n) is 1.97. The quantitative estimate of drug-likeness (QED) is 0.704. The van der Waals surface area contributed by atoms with Crippen molar-refractivity contribution in [2.75, 3.05) is 0 Å². The Morgan fingerprint density at radius 1 is 0.611 bits per heavy atom. The first-order chi connectivity index (χ1) is 7.58. The molecule has 0 saturated heterocycles. The molecule has 0 bridgehead atoms. The summed E-state index contributed by atoms with van der Waals surface area (Å²) in [7, 11) is 0. The highest BCUT2D eigenvalue weighted by atomic mass is 14.8. The Kier molecular flexibility index (Phi) is 9.58. The molecule has 0 spiro atoms. The maximum absolute atomic E-state index is 4.08. The van der Waals surface area contributed by atoms with Crippen LogP contribution in [0.2, 0.25) is 0 Å². The number of hydrogen-bond donors (Lipinski definition) is 0. The summed E-state index contributed by atoms with van der Waals surface area (Å²) in [5.41, 5.74) is 4.23. The average Bonchev–Trinajstić information content (AvgIpc) is 2.28. The number of aryl methyl sites for hydroxylation is 4. The number of rotatable bonds is 0. The Labute approximate surface area is 111 Å². The van der Waals surface area contributed by atoms with Gasteiger partial charge in [-0.1, -0.05) is 20.9 Å². The van der Waals surface area contributed by atoms with E-state index in [1.165, 1.54) is 5.56 Å². The van der Waals surface area contributed by atoms with Gasteiger partial charge in [-0.05, 0) is 39.3 Å². The van der Waals surface area contributed by atoms with Gasteiger partial charge < -0.3 is 0 Å². The third kappa shape index (κ3) is 7.49. The van der Waals surface area contributed by atoms with Gasteiger partial charge in [0.15, 0.2) is 0 Å². The fourth-order valence-corrected chi connectivity index (χ4v) is 0.999. The average molecular weight is 247 g/mol. The van der Waals surface area contributed by atoms with Gasteiger partial charge in [0.05, 0.1) is 11.4 Å². The van der Waals surface area contributed by atoms with Crippen molar-refractivity contribution in [2.24, 2.45) is 0 Å². The van der Waals surface area contributed by atoms with Crippen molar-refractivity contribution in [1.29, 1.82) is 0 Å². The summed E-state index contributed by atoms with van der Waals surface area (Å²) in [6, 6.07) is 4.07. The van der Waals surface area contributed by atoms with Crippen LogP contribution in [0.4, 0.5) is 0 Å². The second-order valence-corrected chi connectivity index (χ2v) is 3.78. The Hall–Kier alpha value is -1.77. The van der Waals surface area contributed by atoms with Crippen molar-refractivity contribution in [1.82, 2.24) is 15.0 Å². The summed E-state index contributed by atoms with van der Waals surface area (Å²) >= 11 is 0. The van der Waals surface area contributed by atoms with Crippen LogP contribution in [-0.4, -0.2) is 15.0 Å². The summed E-state index contributed by atoms with van der Waals surface area (Å²) in [5, 5.41) is 0. The minimum Gasteiger partial charge on any atom is -0.261 e. The van der Waals surface area contributed by atoms with Gasteiger partial charge in [-0.25, -0.2) is 0 Å². The van der Waals surface area contributed by atoms with Crippen molar-refractivity contribution >= 4 is 0 Å². The molecule has 0 atom stereocenters. The predicted octanol–water partition coefficient (Wildman–Crippen LogP) is 4.06. The SMILES string of the molecule is C.C.Cc1ccc(C)nc1.Cc1cnc(C)cn1. The van der Waals surface area contributed by atoms with Gasteiger partial charge in [0.1, 0.15) is 0 Å². The summed E-state index contributed by atoms with van der Waals surface area (Å²) in [4.78, 5) is 12.1. The lowest BCUT2D eigenvalue weighted by atomic mass is 10.3. The molecule has 0 unspecified atom stereocenters. The molecule has 0 aliphatic carbocycles. The largest absolute Gasteiger partial charge is 0.261 e. The Morgan fingerprint density at radius 3 is 1.33 bits per heavy atom. The van der Waals surface area contributed by atoms with E-state index >= 15 is 0 Å². The van der Waals surface area contributed by atoms with Crippen LogP contribution in [0.25, 0.3) is 0 Å². The monoisotopic (exact) mass is 247 g/mol. The summed E-state index contributed by atoms with van der Waals surface area (Å²) in [5.74, 6) is 0. The van der Waals surface area contributed by atoms with Gasteiger partial charge in [-0.2, -0.15) is 0 Å². The normalized spacial score (nSPS) is 8.22. The Balaban J connectivity index is 0. The smallest absolute Gasteiger partial charge is 0.0555 e. The molecule has 0 aliphatic heterocycles. The lowest BCUT2D eigenvalue weighted by molar-refractivity contribution is 1.06. The standard InChI is InChI=1S/C7H9N.C6H8N2.2CH4/c1-6-3-4-7(2)8-5-6;1-5-3-8-6(2)4-7-5;;/h3-5H,1-2H3;3-4H,1-2H3;2*1H4. The Bertz CT molecular complexity index is 333. The lowest BCUT2D eigenvalue weighted by Crippen LogP contribution is -1.84.